The van der Waals surface area contributed by atoms with Gasteiger partial charge in [-0.15, -0.1) is 24.0 Å². The van der Waals surface area contributed by atoms with Gasteiger partial charge in [0.25, 0.3) is 0 Å². The van der Waals surface area contributed by atoms with Crippen LogP contribution in [0.2, 0.25) is 0 Å². The molecular formula is C21H29IN4O2. The van der Waals surface area contributed by atoms with Crippen LogP contribution in [0.1, 0.15) is 31.0 Å². The number of hydrogen-bond donors (Lipinski definition) is 3. The molecule has 0 bridgehead atoms. The van der Waals surface area contributed by atoms with Gasteiger partial charge in [0, 0.05) is 13.1 Å². The molecule has 7 heteroatoms. The minimum Gasteiger partial charge on any atom is -0.497 e. The van der Waals surface area contributed by atoms with Crippen molar-refractivity contribution >= 4 is 35.8 Å². The molecular weight excluding hydrogens is 467 g/mol. The zero-order valence-corrected chi connectivity index (χ0v) is 18.9. The summed E-state index contributed by atoms with van der Waals surface area (Å²) in [5.41, 5.74) is 2.17. The summed E-state index contributed by atoms with van der Waals surface area (Å²) >= 11 is 0. The number of aliphatic imine (C=N–C) groups is 1. The van der Waals surface area contributed by atoms with Crippen LogP contribution in [0.5, 0.6) is 5.75 Å². The third-order valence-electron chi connectivity index (χ3n) is 4.03. The molecule has 28 heavy (non-hydrogen) atoms. The Bertz CT molecular complexity index is 736. The molecule has 2 aromatic rings. The maximum atomic E-state index is 12.1. The van der Waals surface area contributed by atoms with Gasteiger partial charge in [-0.25, -0.2) is 4.99 Å². The predicted octanol–water partition coefficient (Wildman–Crippen LogP) is 3.25. The van der Waals surface area contributed by atoms with Crippen LogP contribution >= 0.6 is 24.0 Å². The summed E-state index contributed by atoms with van der Waals surface area (Å²) in [7, 11) is 1.63. The molecule has 0 saturated heterocycles. The van der Waals surface area contributed by atoms with Gasteiger partial charge in [-0.3, -0.25) is 4.79 Å². The van der Waals surface area contributed by atoms with Crippen LogP contribution in [0.3, 0.4) is 0 Å². The van der Waals surface area contributed by atoms with Gasteiger partial charge < -0.3 is 20.7 Å². The zero-order valence-electron chi connectivity index (χ0n) is 16.6. The zero-order chi connectivity index (χ0) is 19.5. The number of benzene rings is 2. The van der Waals surface area contributed by atoms with E-state index in [9.17, 15) is 4.79 Å². The van der Waals surface area contributed by atoms with Gasteiger partial charge in [0.05, 0.1) is 13.2 Å². The summed E-state index contributed by atoms with van der Waals surface area (Å²) in [5, 5.41) is 9.37. The van der Waals surface area contributed by atoms with Crippen molar-refractivity contribution in [2.24, 2.45) is 4.99 Å². The Morgan fingerprint density at radius 1 is 1.07 bits per heavy atom. The van der Waals surface area contributed by atoms with Crippen LogP contribution in [0.25, 0.3) is 0 Å². The van der Waals surface area contributed by atoms with E-state index in [1.54, 1.807) is 7.11 Å². The standard InChI is InChI=1S/C21H28N4O2.HI/c1-4-22-21(25-16(2)18-8-6-5-7-9-18)24-15-20(26)23-14-17-10-12-19(27-3)13-11-17;/h5-13,16H,4,14-15H2,1-3H3,(H,23,26)(H2,22,24,25);1H. The molecule has 0 heterocycles. The number of carbonyl (C=O) groups excluding carboxylic acids is 1. The van der Waals surface area contributed by atoms with E-state index < -0.39 is 0 Å². The van der Waals surface area contributed by atoms with E-state index in [0.717, 1.165) is 23.4 Å². The number of nitrogens with zero attached hydrogens (tertiary/aromatic N) is 1. The van der Waals surface area contributed by atoms with Crippen molar-refractivity contribution in [1.29, 1.82) is 0 Å². The first-order valence-electron chi connectivity index (χ1n) is 9.11. The van der Waals surface area contributed by atoms with Gasteiger partial charge >= 0.3 is 0 Å². The van der Waals surface area contributed by atoms with E-state index in [-0.39, 0.29) is 42.5 Å². The fourth-order valence-corrected chi connectivity index (χ4v) is 2.50. The van der Waals surface area contributed by atoms with Crippen LogP contribution in [0.15, 0.2) is 59.6 Å². The Kier molecular flexibility index (Phi) is 11.0. The Hall–Kier alpha value is -2.29. The average molecular weight is 496 g/mol. The van der Waals surface area contributed by atoms with Crippen molar-refractivity contribution < 1.29 is 9.53 Å². The number of methoxy groups -OCH3 is 1. The number of rotatable bonds is 8. The Morgan fingerprint density at radius 3 is 2.36 bits per heavy atom. The van der Waals surface area contributed by atoms with E-state index in [1.807, 2.05) is 49.4 Å². The highest BCUT2D eigenvalue weighted by atomic mass is 127. The van der Waals surface area contributed by atoms with E-state index >= 15 is 0 Å². The first-order valence-corrected chi connectivity index (χ1v) is 9.11. The third kappa shape index (κ3) is 8.16. The summed E-state index contributed by atoms with van der Waals surface area (Å²) in [6, 6.07) is 17.8. The monoisotopic (exact) mass is 496 g/mol. The van der Waals surface area contributed by atoms with Crippen molar-refractivity contribution in [3.8, 4) is 5.75 Å². The fourth-order valence-electron chi connectivity index (χ4n) is 2.50. The van der Waals surface area contributed by atoms with Crippen molar-refractivity contribution in [1.82, 2.24) is 16.0 Å². The number of amides is 1. The van der Waals surface area contributed by atoms with Gasteiger partial charge in [-0.05, 0) is 37.1 Å². The van der Waals surface area contributed by atoms with E-state index in [4.69, 9.17) is 4.74 Å². The Labute approximate surface area is 184 Å². The molecule has 0 radical (unpaired) electrons. The minimum atomic E-state index is -0.129. The normalized spacial score (nSPS) is 11.8. The summed E-state index contributed by atoms with van der Waals surface area (Å²) < 4.78 is 5.13. The molecule has 0 fully saturated rings. The van der Waals surface area contributed by atoms with Gasteiger partial charge in [0.1, 0.15) is 12.3 Å². The minimum absolute atomic E-state index is 0. The molecule has 2 aromatic carbocycles. The lowest BCUT2D eigenvalue weighted by Gasteiger charge is -2.18. The fraction of sp³-hybridized carbons (Fsp3) is 0.333. The largest absolute Gasteiger partial charge is 0.497 e. The summed E-state index contributed by atoms with van der Waals surface area (Å²) in [4.78, 5) is 16.5. The number of carbonyl (C=O) groups is 1. The predicted molar refractivity (Wildman–Crippen MR) is 124 cm³/mol. The first-order chi connectivity index (χ1) is 13.1. The second-order valence-corrected chi connectivity index (χ2v) is 6.10. The molecule has 0 aromatic heterocycles. The highest BCUT2D eigenvalue weighted by Crippen LogP contribution is 2.11. The van der Waals surface area contributed by atoms with Crippen LogP contribution in [-0.4, -0.2) is 32.1 Å². The third-order valence-corrected chi connectivity index (χ3v) is 4.03. The molecule has 0 aliphatic carbocycles. The number of guanidine groups is 1. The molecule has 1 atom stereocenters. The number of ether oxygens (including phenoxy) is 1. The van der Waals surface area contributed by atoms with Crippen molar-refractivity contribution in [2.45, 2.75) is 26.4 Å². The van der Waals surface area contributed by atoms with Gasteiger partial charge in [-0.1, -0.05) is 42.5 Å². The molecule has 3 N–H and O–H groups in total. The molecule has 6 nitrogen and oxygen atoms in total. The van der Waals surface area contributed by atoms with Crippen LogP contribution in [0.4, 0.5) is 0 Å². The molecule has 2 rings (SSSR count). The SMILES string of the molecule is CCNC(=NCC(=O)NCc1ccc(OC)cc1)NC(C)c1ccccc1.I. The van der Waals surface area contributed by atoms with Crippen molar-refractivity contribution in [2.75, 3.05) is 20.2 Å². The van der Waals surface area contributed by atoms with Crippen molar-refractivity contribution in [3.63, 3.8) is 0 Å². The highest BCUT2D eigenvalue weighted by molar-refractivity contribution is 14.0. The van der Waals surface area contributed by atoms with Crippen LogP contribution < -0.4 is 20.7 Å². The molecule has 0 aliphatic rings. The molecule has 0 aliphatic heterocycles. The topological polar surface area (TPSA) is 74.8 Å². The lowest BCUT2D eigenvalue weighted by molar-refractivity contribution is -0.119. The van der Waals surface area contributed by atoms with Gasteiger partial charge in [-0.2, -0.15) is 0 Å². The molecule has 0 spiro atoms. The van der Waals surface area contributed by atoms with Crippen LogP contribution in [-0.2, 0) is 11.3 Å². The maximum Gasteiger partial charge on any atom is 0.242 e. The summed E-state index contributed by atoms with van der Waals surface area (Å²) in [5.74, 6) is 1.28. The first kappa shape index (κ1) is 23.7. The second-order valence-electron chi connectivity index (χ2n) is 6.10. The van der Waals surface area contributed by atoms with E-state index in [1.165, 1.54) is 0 Å². The Morgan fingerprint density at radius 2 is 1.75 bits per heavy atom. The summed E-state index contributed by atoms with van der Waals surface area (Å²) in [6.45, 7) is 5.30. The second kappa shape index (κ2) is 13.0. The average Bonchev–Trinajstić information content (AvgIpc) is 2.71. The maximum absolute atomic E-state index is 12.1. The Balaban J connectivity index is 0.00000392. The van der Waals surface area contributed by atoms with E-state index in [2.05, 4.69) is 40.0 Å². The molecule has 1 amide bonds. The van der Waals surface area contributed by atoms with Crippen LogP contribution in [0, 0.1) is 0 Å². The lowest BCUT2D eigenvalue weighted by Crippen LogP contribution is -2.39. The molecule has 0 saturated carbocycles. The van der Waals surface area contributed by atoms with E-state index in [0.29, 0.717) is 12.5 Å². The lowest BCUT2D eigenvalue weighted by atomic mass is 10.1. The number of nitrogens with one attached hydrogen (secondary N) is 3. The van der Waals surface area contributed by atoms with Gasteiger partial charge in [0.2, 0.25) is 5.91 Å². The number of hydrogen-bond acceptors (Lipinski definition) is 3. The quantitative estimate of drug-likeness (QED) is 0.298. The highest BCUT2D eigenvalue weighted by Gasteiger charge is 2.08. The molecule has 1 unspecified atom stereocenters. The molecule has 152 valence electrons. The van der Waals surface area contributed by atoms with Gasteiger partial charge in [0.15, 0.2) is 5.96 Å². The van der Waals surface area contributed by atoms with Crippen molar-refractivity contribution in [3.05, 3.63) is 65.7 Å². The smallest absolute Gasteiger partial charge is 0.242 e. The summed E-state index contributed by atoms with van der Waals surface area (Å²) in [6.07, 6.45) is 0. The number of halogens is 1.